The zero-order valence-corrected chi connectivity index (χ0v) is 13.0. The average molecular weight is 345 g/mol. The fraction of sp³-hybridized carbons (Fsp3) is 0.133. The Morgan fingerprint density at radius 1 is 1.10 bits per heavy atom. The number of benzene rings is 1. The number of anilines is 1. The lowest BCUT2D eigenvalue weighted by atomic mass is 10.2. The number of para-hydroxylation sites is 1. The molecule has 3 aromatic rings. The number of nitrogens with two attached hydrogens (primary N) is 1. The van der Waals surface area contributed by atoms with Gasteiger partial charge in [-0.05, 0) is 28.1 Å². The van der Waals surface area contributed by atoms with Crippen molar-refractivity contribution in [1.82, 2.24) is 15.0 Å². The summed E-state index contributed by atoms with van der Waals surface area (Å²) in [5.41, 5.74) is 8.21. The quantitative estimate of drug-likeness (QED) is 0.789. The van der Waals surface area contributed by atoms with Gasteiger partial charge in [0.15, 0.2) is 5.82 Å². The van der Waals surface area contributed by atoms with Crippen LogP contribution >= 0.6 is 15.9 Å². The molecule has 5 nitrogen and oxygen atoms in total. The standard InChI is InChI=1S/C15H13BrN4O/c1-21-8-12-13(16)14(17)20-15(19-12)11-7-6-9-4-2-3-5-10(9)18-11/h2-7H,8H2,1H3,(H2,17,19,20). The molecule has 0 atom stereocenters. The lowest BCUT2D eigenvalue weighted by molar-refractivity contribution is 0.181. The van der Waals surface area contributed by atoms with E-state index in [1.165, 1.54) is 0 Å². The normalized spacial score (nSPS) is 11.0. The van der Waals surface area contributed by atoms with Gasteiger partial charge in [-0.1, -0.05) is 24.3 Å². The molecule has 6 heteroatoms. The second-order valence-electron chi connectivity index (χ2n) is 4.52. The van der Waals surface area contributed by atoms with Crippen molar-refractivity contribution in [2.24, 2.45) is 0 Å². The molecule has 0 radical (unpaired) electrons. The highest BCUT2D eigenvalue weighted by Crippen LogP contribution is 2.25. The molecule has 0 aliphatic rings. The average Bonchev–Trinajstić information content (AvgIpc) is 2.51. The molecule has 1 aromatic carbocycles. The van der Waals surface area contributed by atoms with Crippen LogP contribution in [0, 0.1) is 0 Å². The first-order valence-electron chi connectivity index (χ1n) is 6.36. The summed E-state index contributed by atoms with van der Waals surface area (Å²) in [5, 5.41) is 1.07. The Hall–Kier alpha value is -2.05. The summed E-state index contributed by atoms with van der Waals surface area (Å²) in [7, 11) is 1.61. The molecule has 0 amide bonds. The minimum absolute atomic E-state index is 0.355. The third-order valence-corrected chi connectivity index (χ3v) is 3.92. The summed E-state index contributed by atoms with van der Waals surface area (Å²) in [4.78, 5) is 13.3. The molecule has 2 heterocycles. The maximum atomic E-state index is 5.92. The molecule has 2 aromatic heterocycles. The summed E-state index contributed by atoms with van der Waals surface area (Å²) in [6.07, 6.45) is 0. The molecule has 0 aliphatic carbocycles. The van der Waals surface area contributed by atoms with E-state index in [-0.39, 0.29) is 0 Å². The van der Waals surface area contributed by atoms with E-state index in [0.29, 0.717) is 34.1 Å². The Balaban J connectivity index is 2.13. The van der Waals surface area contributed by atoms with Crippen molar-refractivity contribution >= 4 is 32.7 Å². The smallest absolute Gasteiger partial charge is 0.180 e. The lowest BCUT2D eigenvalue weighted by Crippen LogP contribution is -2.04. The van der Waals surface area contributed by atoms with Crippen LogP contribution in [-0.4, -0.2) is 22.1 Å². The summed E-state index contributed by atoms with van der Waals surface area (Å²) in [5.74, 6) is 0.871. The Bertz CT molecular complexity index is 807. The number of rotatable bonds is 3. The van der Waals surface area contributed by atoms with E-state index >= 15 is 0 Å². The molecule has 0 saturated carbocycles. The van der Waals surface area contributed by atoms with Crippen molar-refractivity contribution in [1.29, 1.82) is 0 Å². The van der Waals surface area contributed by atoms with Crippen LogP contribution in [0.1, 0.15) is 5.69 Å². The van der Waals surface area contributed by atoms with Crippen LogP contribution in [0.4, 0.5) is 5.82 Å². The number of hydrogen-bond acceptors (Lipinski definition) is 5. The van der Waals surface area contributed by atoms with Gasteiger partial charge in [-0.15, -0.1) is 0 Å². The number of halogens is 1. The number of fused-ring (bicyclic) bond motifs is 1. The minimum atomic E-state index is 0.355. The largest absolute Gasteiger partial charge is 0.383 e. The highest BCUT2D eigenvalue weighted by molar-refractivity contribution is 9.10. The van der Waals surface area contributed by atoms with Gasteiger partial charge in [0, 0.05) is 12.5 Å². The van der Waals surface area contributed by atoms with Gasteiger partial charge < -0.3 is 10.5 Å². The molecular weight excluding hydrogens is 332 g/mol. The van der Waals surface area contributed by atoms with E-state index in [1.807, 2.05) is 36.4 Å². The third kappa shape index (κ3) is 2.72. The molecule has 0 fully saturated rings. The number of nitrogens with zero attached hydrogens (tertiary/aromatic N) is 3. The van der Waals surface area contributed by atoms with E-state index in [0.717, 1.165) is 10.9 Å². The maximum Gasteiger partial charge on any atom is 0.180 e. The van der Waals surface area contributed by atoms with Crippen molar-refractivity contribution in [3.8, 4) is 11.5 Å². The number of pyridine rings is 1. The van der Waals surface area contributed by atoms with Crippen LogP contribution in [0.5, 0.6) is 0 Å². The predicted octanol–water partition coefficient (Wildman–Crippen LogP) is 3.18. The van der Waals surface area contributed by atoms with Crippen LogP contribution in [0.15, 0.2) is 40.9 Å². The highest BCUT2D eigenvalue weighted by atomic mass is 79.9. The molecule has 0 aliphatic heterocycles. The van der Waals surface area contributed by atoms with Gasteiger partial charge in [-0.3, -0.25) is 0 Å². The fourth-order valence-corrected chi connectivity index (χ4v) is 2.34. The molecule has 3 rings (SSSR count). The van der Waals surface area contributed by atoms with Gasteiger partial charge in [0.1, 0.15) is 11.5 Å². The van der Waals surface area contributed by atoms with Gasteiger partial charge >= 0.3 is 0 Å². The summed E-state index contributed by atoms with van der Waals surface area (Å²) in [6.45, 7) is 0.355. The molecule has 2 N–H and O–H groups in total. The van der Waals surface area contributed by atoms with Crippen molar-refractivity contribution < 1.29 is 4.74 Å². The number of methoxy groups -OCH3 is 1. The van der Waals surface area contributed by atoms with Crippen LogP contribution in [0.3, 0.4) is 0 Å². The SMILES string of the molecule is COCc1nc(-c2ccc3ccccc3n2)nc(N)c1Br. The summed E-state index contributed by atoms with van der Waals surface area (Å²) < 4.78 is 5.79. The number of aromatic nitrogens is 3. The van der Waals surface area contributed by atoms with E-state index in [9.17, 15) is 0 Å². The second kappa shape index (κ2) is 5.75. The lowest BCUT2D eigenvalue weighted by Gasteiger charge is -2.08. The maximum absolute atomic E-state index is 5.92. The second-order valence-corrected chi connectivity index (χ2v) is 5.31. The minimum Gasteiger partial charge on any atom is -0.383 e. The first-order chi connectivity index (χ1) is 10.2. The first kappa shape index (κ1) is 13.9. The first-order valence-corrected chi connectivity index (χ1v) is 7.15. The molecule has 21 heavy (non-hydrogen) atoms. The Morgan fingerprint density at radius 3 is 2.71 bits per heavy atom. The Labute approximate surface area is 130 Å². The van der Waals surface area contributed by atoms with E-state index in [2.05, 4.69) is 30.9 Å². The highest BCUT2D eigenvalue weighted by Gasteiger charge is 2.12. The van der Waals surface area contributed by atoms with Crippen LogP contribution in [0.2, 0.25) is 0 Å². The van der Waals surface area contributed by atoms with Gasteiger partial charge in [0.2, 0.25) is 0 Å². The van der Waals surface area contributed by atoms with Crippen LogP contribution in [-0.2, 0) is 11.3 Å². The predicted molar refractivity (Wildman–Crippen MR) is 85.6 cm³/mol. The third-order valence-electron chi connectivity index (χ3n) is 3.05. The summed E-state index contributed by atoms with van der Waals surface area (Å²) >= 11 is 3.38. The van der Waals surface area contributed by atoms with E-state index in [1.54, 1.807) is 7.11 Å². The monoisotopic (exact) mass is 344 g/mol. The molecule has 0 unspecified atom stereocenters. The van der Waals surface area contributed by atoms with Gasteiger partial charge in [0.05, 0.1) is 22.3 Å². The molecule has 0 bridgehead atoms. The fourth-order valence-electron chi connectivity index (χ4n) is 2.05. The van der Waals surface area contributed by atoms with E-state index < -0.39 is 0 Å². The summed E-state index contributed by atoms with van der Waals surface area (Å²) in [6, 6.07) is 11.8. The van der Waals surface area contributed by atoms with Crippen molar-refractivity contribution in [2.45, 2.75) is 6.61 Å². The zero-order valence-electron chi connectivity index (χ0n) is 11.4. The Morgan fingerprint density at radius 2 is 1.90 bits per heavy atom. The van der Waals surface area contributed by atoms with Crippen molar-refractivity contribution in [2.75, 3.05) is 12.8 Å². The van der Waals surface area contributed by atoms with Gasteiger partial charge in [0.25, 0.3) is 0 Å². The van der Waals surface area contributed by atoms with Crippen LogP contribution < -0.4 is 5.73 Å². The number of ether oxygens (including phenoxy) is 1. The van der Waals surface area contributed by atoms with Crippen LogP contribution in [0.25, 0.3) is 22.4 Å². The molecule has 0 spiro atoms. The molecule has 106 valence electrons. The molecule has 0 saturated heterocycles. The van der Waals surface area contributed by atoms with Crippen molar-refractivity contribution in [3.63, 3.8) is 0 Å². The molecular formula is C15H13BrN4O. The number of hydrogen-bond donors (Lipinski definition) is 1. The zero-order chi connectivity index (χ0) is 14.8. The number of nitrogen functional groups attached to an aromatic ring is 1. The van der Waals surface area contributed by atoms with Crippen molar-refractivity contribution in [3.05, 3.63) is 46.6 Å². The Kier molecular flexibility index (Phi) is 3.81. The topological polar surface area (TPSA) is 73.9 Å². The van der Waals surface area contributed by atoms with E-state index in [4.69, 9.17) is 10.5 Å². The van der Waals surface area contributed by atoms with Gasteiger partial charge in [-0.25, -0.2) is 15.0 Å². The van der Waals surface area contributed by atoms with Gasteiger partial charge in [-0.2, -0.15) is 0 Å².